The molecule has 1 atom stereocenters. The third-order valence-electron chi connectivity index (χ3n) is 5.09. The number of hydrogen-bond acceptors (Lipinski definition) is 5. The van der Waals surface area contributed by atoms with Crippen LogP contribution in [0, 0.1) is 0 Å². The van der Waals surface area contributed by atoms with Gasteiger partial charge in [-0.25, -0.2) is 9.50 Å². The first-order chi connectivity index (χ1) is 13.8. The van der Waals surface area contributed by atoms with Crippen molar-refractivity contribution in [1.82, 2.24) is 29.5 Å². The van der Waals surface area contributed by atoms with Crippen molar-refractivity contribution in [2.45, 2.75) is 12.3 Å². The normalized spacial score (nSPS) is 16.6. The van der Waals surface area contributed by atoms with Crippen molar-refractivity contribution in [3.63, 3.8) is 0 Å². The van der Waals surface area contributed by atoms with Crippen LogP contribution in [-0.4, -0.2) is 48.5 Å². The molecule has 0 radical (unpaired) electrons. The molecule has 0 aromatic carbocycles. The maximum atomic E-state index is 12.6. The zero-order valence-electron chi connectivity index (χ0n) is 15.1. The summed E-state index contributed by atoms with van der Waals surface area (Å²) in [5.41, 5.74) is 3.43. The molecule has 1 amide bonds. The zero-order valence-corrected chi connectivity index (χ0v) is 15.1. The van der Waals surface area contributed by atoms with Crippen LogP contribution in [0.25, 0.3) is 16.8 Å². The molecule has 0 aliphatic carbocycles. The summed E-state index contributed by atoms with van der Waals surface area (Å²) < 4.78 is 1.81. The molecule has 5 heterocycles. The number of pyridine rings is 3. The Morgan fingerprint density at radius 3 is 2.71 bits per heavy atom. The lowest BCUT2D eigenvalue weighted by Gasteiger charge is -2.15. The average molecular weight is 370 g/mol. The van der Waals surface area contributed by atoms with Crippen LogP contribution >= 0.6 is 0 Å². The van der Waals surface area contributed by atoms with Gasteiger partial charge in [0.25, 0.3) is 5.91 Å². The summed E-state index contributed by atoms with van der Waals surface area (Å²) in [5, 5.41) is 4.68. The first-order valence-electron chi connectivity index (χ1n) is 9.25. The second-order valence-corrected chi connectivity index (χ2v) is 6.88. The van der Waals surface area contributed by atoms with Gasteiger partial charge >= 0.3 is 0 Å². The van der Waals surface area contributed by atoms with Gasteiger partial charge in [-0.15, -0.1) is 0 Å². The molecule has 1 unspecified atom stereocenters. The van der Waals surface area contributed by atoms with E-state index in [-0.39, 0.29) is 11.8 Å². The molecule has 7 heteroatoms. The van der Waals surface area contributed by atoms with E-state index in [0.717, 1.165) is 29.0 Å². The lowest BCUT2D eigenvalue weighted by atomic mass is 10.1. The molecule has 1 fully saturated rings. The molecule has 5 rings (SSSR count). The predicted molar refractivity (Wildman–Crippen MR) is 104 cm³/mol. The van der Waals surface area contributed by atoms with E-state index >= 15 is 0 Å². The van der Waals surface area contributed by atoms with E-state index in [1.807, 2.05) is 52.0 Å². The van der Waals surface area contributed by atoms with Crippen molar-refractivity contribution in [2.75, 3.05) is 13.1 Å². The summed E-state index contributed by atoms with van der Waals surface area (Å²) in [6.07, 6.45) is 8.03. The van der Waals surface area contributed by atoms with E-state index < -0.39 is 0 Å². The van der Waals surface area contributed by atoms with Crippen LogP contribution < -0.4 is 0 Å². The molecule has 4 aromatic heterocycles. The Labute approximate surface area is 161 Å². The highest BCUT2D eigenvalue weighted by atomic mass is 16.2. The Balaban J connectivity index is 1.37. The lowest BCUT2D eigenvalue weighted by molar-refractivity contribution is 0.0784. The number of amides is 1. The minimum Gasteiger partial charge on any atom is -0.337 e. The minimum absolute atomic E-state index is 0.0353. The fraction of sp³-hybridized carbons (Fsp3) is 0.190. The van der Waals surface area contributed by atoms with Crippen molar-refractivity contribution < 1.29 is 4.79 Å². The van der Waals surface area contributed by atoms with Crippen LogP contribution in [0.4, 0.5) is 0 Å². The topological polar surface area (TPSA) is 76.3 Å². The molecule has 0 bridgehead atoms. The fourth-order valence-electron chi connectivity index (χ4n) is 3.60. The first kappa shape index (κ1) is 16.6. The van der Waals surface area contributed by atoms with Crippen LogP contribution in [0.15, 0.2) is 67.3 Å². The molecule has 4 aromatic rings. The van der Waals surface area contributed by atoms with Crippen molar-refractivity contribution >= 4 is 11.6 Å². The van der Waals surface area contributed by atoms with Crippen LogP contribution in [0.2, 0.25) is 0 Å². The molecular formula is C21H18N6O. The molecule has 0 N–H and O–H groups in total. The fourth-order valence-corrected chi connectivity index (χ4v) is 3.60. The van der Waals surface area contributed by atoms with Crippen molar-refractivity contribution in [3.8, 4) is 11.1 Å². The van der Waals surface area contributed by atoms with Gasteiger partial charge in [-0.05, 0) is 48.4 Å². The van der Waals surface area contributed by atoms with Crippen molar-refractivity contribution in [2.24, 2.45) is 0 Å². The third-order valence-corrected chi connectivity index (χ3v) is 5.09. The highest BCUT2D eigenvalue weighted by Gasteiger charge is 2.31. The first-order valence-corrected chi connectivity index (χ1v) is 9.25. The summed E-state index contributed by atoms with van der Waals surface area (Å²) in [6, 6.07) is 13.3. The van der Waals surface area contributed by atoms with Gasteiger partial charge in [0.1, 0.15) is 5.69 Å². The second-order valence-electron chi connectivity index (χ2n) is 6.88. The minimum atomic E-state index is -0.0353. The summed E-state index contributed by atoms with van der Waals surface area (Å²) in [4.78, 5) is 27.4. The van der Waals surface area contributed by atoms with Gasteiger partial charge in [0, 0.05) is 49.4 Å². The monoisotopic (exact) mass is 370 g/mol. The molecule has 138 valence electrons. The summed E-state index contributed by atoms with van der Waals surface area (Å²) >= 11 is 0. The maximum Gasteiger partial charge on any atom is 0.272 e. The molecule has 1 aliphatic heterocycles. The third kappa shape index (κ3) is 3.00. The predicted octanol–water partition coefficient (Wildman–Crippen LogP) is 2.82. The molecule has 0 spiro atoms. The van der Waals surface area contributed by atoms with E-state index in [2.05, 4.69) is 20.1 Å². The molecule has 28 heavy (non-hydrogen) atoms. The van der Waals surface area contributed by atoms with E-state index in [1.165, 1.54) is 0 Å². The van der Waals surface area contributed by atoms with Gasteiger partial charge in [-0.2, -0.15) is 5.10 Å². The van der Waals surface area contributed by atoms with Gasteiger partial charge in [0.2, 0.25) is 0 Å². The van der Waals surface area contributed by atoms with E-state index in [9.17, 15) is 4.79 Å². The van der Waals surface area contributed by atoms with E-state index in [1.54, 1.807) is 24.7 Å². The van der Waals surface area contributed by atoms with Gasteiger partial charge in [0.05, 0.1) is 0 Å². The number of rotatable bonds is 3. The van der Waals surface area contributed by atoms with Crippen LogP contribution in [0.5, 0.6) is 0 Å². The highest BCUT2D eigenvalue weighted by molar-refractivity contribution is 5.92. The van der Waals surface area contributed by atoms with Gasteiger partial charge in [-0.1, -0.05) is 6.07 Å². The Morgan fingerprint density at radius 2 is 1.89 bits per heavy atom. The number of hydrogen-bond donors (Lipinski definition) is 0. The Kier molecular flexibility index (Phi) is 4.05. The molecule has 1 saturated heterocycles. The van der Waals surface area contributed by atoms with Gasteiger partial charge < -0.3 is 4.90 Å². The van der Waals surface area contributed by atoms with Crippen molar-refractivity contribution in [3.05, 3.63) is 78.8 Å². The average Bonchev–Trinajstić information content (AvgIpc) is 3.41. The number of carbonyl (C=O) groups is 1. The zero-order chi connectivity index (χ0) is 18.9. The molecular weight excluding hydrogens is 352 g/mol. The van der Waals surface area contributed by atoms with E-state index in [4.69, 9.17) is 0 Å². The summed E-state index contributed by atoms with van der Waals surface area (Å²) in [5.74, 6) is 0.881. The van der Waals surface area contributed by atoms with Crippen LogP contribution in [0.3, 0.4) is 0 Å². The van der Waals surface area contributed by atoms with Gasteiger partial charge in [-0.3, -0.25) is 14.8 Å². The Morgan fingerprint density at radius 1 is 1.00 bits per heavy atom. The Hall–Kier alpha value is -3.61. The largest absolute Gasteiger partial charge is 0.337 e. The van der Waals surface area contributed by atoms with Crippen molar-refractivity contribution in [1.29, 1.82) is 0 Å². The number of nitrogens with zero attached hydrogens (tertiary/aromatic N) is 6. The SMILES string of the molecule is O=C(c1ccccn1)N1CCC(c2nc3ccc(-c4ccncc4)cn3n2)C1. The van der Waals surface area contributed by atoms with Gasteiger partial charge in [0.15, 0.2) is 11.5 Å². The smallest absolute Gasteiger partial charge is 0.272 e. The lowest BCUT2D eigenvalue weighted by Crippen LogP contribution is -2.29. The second kappa shape index (κ2) is 6.84. The molecule has 0 saturated carbocycles. The van der Waals surface area contributed by atoms with E-state index in [0.29, 0.717) is 18.8 Å². The summed E-state index contributed by atoms with van der Waals surface area (Å²) in [7, 11) is 0. The number of carbonyl (C=O) groups excluding carboxylic acids is 1. The van der Waals surface area contributed by atoms with Crippen LogP contribution in [-0.2, 0) is 0 Å². The summed E-state index contributed by atoms with van der Waals surface area (Å²) in [6.45, 7) is 1.31. The van der Waals surface area contributed by atoms with Crippen LogP contribution in [0.1, 0.15) is 28.7 Å². The number of fused-ring (bicyclic) bond motifs is 1. The molecule has 1 aliphatic rings. The maximum absolute atomic E-state index is 12.6. The highest BCUT2D eigenvalue weighted by Crippen LogP contribution is 2.27. The standard InChI is InChI=1S/C21H18N6O/c28-21(18-3-1-2-9-23-18)26-12-8-17(13-26)20-24-19-5-4-16(14-27(19)25-20)15-6-10-22-11-7-15/h1-7,9-11,14,17H,8,12-13H2. The number of aromatic nitrogens is 5. The molecule has 7 nitrogen and oxygen atoms in total. The Bertz CT molecular complexity index is 1130. The quantitative estimate of drug-likeness (QED) is 0.554. The number of likely N-dealkylation sites (tertiary alicyclic amines) is 1.